The molecule has 2 aliphatic heterocycles. The molecule has 132 valence electrons. The molecule has 0 N–H and O–H groups in total. The number of carbonyl (C=O) groups is 1. The fourth-order valence-electron chi connectivity index (χ4n) is 4.62. The van der Waals surface area contributed by atoms with Crippen LogP contribution in [0.3, 0.4) is 0 Å². The molecule has 5 heteroatoms. The van der Waals surface area contributed by atoms with E-state index in [0.29, 0.717) is 19.0 Å². The lowest BCUT2D eigenvalue weighted by Crippen LogP contribution is -2.49. The van der Waals surface area contributed by atoms with Crippen molar-refractivity contribution in [2.45, 2.75) is 25.4 Å². The number of hydrogen-bond acceptors (Lipinski definition) is 2. The van der Waals surface area contributed by atoms with Gasteiger partial charge in [0.2, 0.25) is 5.91 Å². The summed E-state index contributed by atoms with van der Waals surface area (Å²) >= 11 is 0. The molecule has 0 radical (unpaired) electrons. The second-order valence-electron chi connectivity index (χ2n) is 7.50. The molecule has 2 aliphatic rings. The van der Waals surface area contributed by atoms with Gasteiger partial charge in [0.15, 0.2) is 0 Å². The molecule has 1 aromatic carbocycles. The fourth-order valence-corrected chi connectivity index (χ4v) is 4.62. The molecule has 0 saturated carbocycles. The van der Waals surface area contributed by atoms with Gasteiger partial charge in [0.05, 0.1) is 0 Å². The van der Waals surface area contributed by atoms with Crippen LogP contribution < -0.4 is 5.56 Å². The zero-order chi connectivity index (χ0) is 17.7. The molecule has 0 aliphatic carbocycles. The van der Waals surface area contributed by atoms with E-state index in [-0.39, 0.29) is 17.4 Å². The Morgan fingerprint density at radius 1 is 1.00 bits per heavy atom. The number of benzene rings is 1. The first-order valence-electron chi connectivity index (χ1n) is 9.20. The third-order valence-corrected chi connectivity index (χ3v) is 5.82. The van der Waals surface area contributed by atoms with E-state index in [2.05, 4.69) is 18.2 Å². The summed E-state index contributed by atoms with van der Waals surface area (Å²) in [6, 6.07) is 15.7. The number of likely N-dealkylation sites (tertiary alicyclic amines) is 1. The topological polar surface area (TPSA) is 47.2 Å². The van der Waals surface area contributed by atoms with Crippen LogP contribution in [0.25, 0.3) is 10.9 Å². The van der Waals surface area contributed by atoms with Crippen LogP contribution in [0.1, 0.15) is 18.0 Å². The Hall–Kier alpha value is -2.82. The molecule has 3 aromatic rings. The Kier molecular flexibility index (Phi) is 3.48. The van der Waals surface area contributed by atoms with Crippen LogP contribution in [-0.4, -0.2) is 33.0 Å². The van der Waals surface area contributed by atoms with Crippen molar-refractivity contribution in [2.75, 3.05) is 13.1 Å². The Morgan fingerprint density at radius 2 is 1.88 bits per heavy atom. The van der Waals surface area contributed by atoms with Crippen molar-refractivity contribution in [3.05, 3.63) is 70.8 Å². The van der Waals surface area contributed by atoms with Gasteiger partial charge >= 0.3 is 0 Å². The molecule has 2 bridgehead atoms. The number of aromatic nitrogens is 2. The van der Waals surface area contributed by atoms with E-state index in [1.807, 2.05) is 44.5 Å². The van der Waals surface area contributed by atoms with E-state index in [0.717, 1.165) is 36.1 Å². The second kappa shape index (κ2) is 5.87. The molecule has 5 nitrogen and oxygen atoms in total. The van der Waals surface area contributed by atoms with Crippen LogP contribution >= 0.6 is 0 Å². The van der Waals surface area contributed by atoms with Gasteiger partial charge in [-0.25, -0.2) is 0 Å². The van der Waals surface area contributed by atoms with Gasteiger partial charge in [-0.1, -0.05) is 24.3 Å². The van der Waals surface area contributed by atoms with Crippen molar-refractivity contribution >= 4 is 16.8 Å². The number of hydrogen-bond donors (Lipinski definition) is 0. The van der Waals surface area contributed by atoms with Crippen LogP contribution in [0.4, 0.5) is 0 Å². The summed E-state index contributed by atoms with van der Waals surface area (Å²) in [5, 5.41) is 1.16. The average molecular weight is 347 g/mol. The highest BCUT2D eigenvalue weighted by Gasteiger charge is 2.36. The third kappa shape index (κ3) is 2.46. The van der Waals surface area contributed by atoms with Crippen molar-refractivity contribution < 1.29 is 4.79 Å². The van der Waals surface area contributed by atoms with Crippen molar-refractivity contribution in [1.29, 1.82) is 0 Å². The molecule has 0 unspecified atom stereocenters. The van der Waals surface area contributed by atoms with Crippen molar-refractivity contribution in [1.82, 2.24) is 14.0 Å². The van der Waals surface area contributed by atoms with Crippen molar-refractivity contribution in [3.8, 4) is 0 Å². The maximum atomic E-state index is 13.0. The molecule has 0 spiro atoms. The summed E-state index contributed by atoms with van der Waals surface area (Å²) in [5.41, 5.74) is 2.25. The first kappa shape index (κ1) is 15.4. The van der Waals surface area contributed by atoms with Crippen molar-refractivity contribution in [3.63, 3.8) is 0 Å². The molecule has 1 fully saturated rings. The minimum absolute atomic E-state index is 0.0794. The monoisotopic (exact) mass is 347 g/mol. The van der Waals surface area contributed by atoms with E-state index in [4.69, 9.17) is 0 Å². The minimum atomic E-state index is 0.0794. The average Bonchev–Trinajstić information content (AvgIpc) is 3.05. The highest BCUT2D eigenvalue weighted by Crippen LogP contribution is 2.35. The first-order chi connectivity index (χ1) is 12.7. The summed E-state index contributed by atoms with van der Waals surface area (Å²) in [6.07, 6.45) is 3.06. The van der Waals surface area contributed by atoms with Crippen LogP contribution in [0.2, 0.25) is 0 Å². The Bertz CT molecular complexity index is 1050. The van der Waals surface area contributed by atoms with Gasteiger partial charge in [-0.2, -0.15) is 0 Å². The zero-order valence-corrected chi connectivity index (χ0v) is 14.5. The lowest BCUT2D eigenvalue weighted by atomic mass is 9.83. The van der Waals surface area contributed by atoms with Crippen LogP contribution in [0.15, 0.2) is 59.5 Å². The third-order valence-electron chi connectivity index (χ3n) is 5.82. The SMILES string of the molecule is O=C(Cn1ccc2ccccc21)N1C[C@@H]2C[C@@H](C1)c1cccc(=O)n1C2. The Labute approximate surface area is 151 Å². The molecular weight excluding hydrogens is 326 g/mol. The predicted octanol–water partition coefficient (Wildman–Crippen LogP) is 2.45. The number of pyridine rings is 1. The Balaban J connectivity index is 1.39. The standard InChI is InChI=1S/C21H21N3O2/c25-20-7-3-6-19-17-10-15(12-24(19)20)11-23(13-17)21(26)14-22-9-8-16-4-1-2-5-18(16)22/h1-9,15,17H,10-14H2/t15-,17-/m0/s1. The van der Waals surface area contributed by atoms with Gasteiger partial charge in [-0.05, 0) is 35.9 Å². The number of carbonyl (C=O) groups excluding carboxylic acids is 1. The van der Waals surface area contributed by atoms with Crippen LogP contribution in [-0.2, 0) is 17.9 Å². The first-order valence-corrected chi connectivity index (χ1v) is 9.20. The number of para-hydroxylation sites is 1. The van der Waals surface area contributed by atoms with Gasteiger partial charge in [0, 0.05) is 49.0 Å². The number of piperidine rings is 1. The molecule has 4 heterocycles. The maximum absolute atomic E-state index is 13.0. The van der Waals surface area contributed by atoms with Gasteiger partial charge < -0.3 is 14.0 Å². The summed E-state index contributed by atoms with van der Waals surface area (Å²) in [4.78, 5) is 27.1. The smallest absolute Gasteiger partial charge is 0.250 e. The number of fused-ring (bicyclic) bond motifs is 5. The van der Waals surface area contributed by atoms with Gasteiger partial charge in [0.25, 0.3) is 5.56 Å². The number of amides is 1. The predicted molar refractivity (Wildman–Crippen MR) is 100 cm³/mol. The van der Waals surface area contributed by atoms with Crippen LogP contribution in [0.5, 0.6) is 0 Å². The summed E-state index contributed by atoms with van der Waals surface area (Å²) in [7, 11) is 0. The molecule has 5 rings (SSSR count). The minimum Gasteiger partial charge on any atom is -0.340 e. The van der Waals surface area contributed by atoms with E-state index < -0.39 is 0 Å². The van der Waals surface area contributed by atoms with E-state index in [9.17, 15) is 9.59 Å². The molecule has 1 amide bonds. The molecule has 2 atom stereocenters. The Morgan fingerprint density at radius 3 is 2.81 bits per heavy atom. The summed E-state index contributed by atoms with van der Waals surface area (Å²) in [5.74, 6) is 0.793. The lowest BCUT2D eigenvalue weighted by molar-refractivity contribution is -0.134. The second-order valence-corrected chi connectivity index (χ2v) is 7.50. The van der Waals surface area contributed by atoms with Gasteiger partial charge in [0.1, 0.15) is 6.54 Å². The number of rotatable bonds is 2. The number of nitrogens with zero attached hydrogens (tertiary/aromatic N) is 3. The largest absolute Gasteiger partial charge is 0.340 e. The fraction of sp³-hybridized carbons (Fsp3) is 0.333. The van der Waals surface area contributed by atoms with Crippen molar-refractivity contribution in [2.24, 2.45) is 5.92 Å². The van der Waals surface area contributed by atoms with Crippen LogP contribution in [0, 0.1) is 5.92 Å². The summed E-state index contributed by atoms with van der Waals surface area (Å²) < 4.78 is 3.93. The molecule has 26 heavy (non-hydrogen) atoms. The molecular formula is C21H21N3O2. The van der Waals surface area contributed by atoms with E-state index in [1.165, 1.54) is 0 Å². The highest BCUT2D eigenvalue weighted by molar-refractivity contribution is 5.83. The maximum Gasteiger partial charge on any atom is 0.250 e. The highest BCUT2D eigenvalue weighted by atomic mass is 16.2. The van der Waals surface area contributed by atoms with Gasteiger partial charge in [-0.3, -0.25) is 9.59 Å². The van der Waals surface area contributed by atoms with Gasteiger partial charge in [-0.15, -0.1) is 0 Å². The zero-order valence-electron chi connectivity index (χ0n) is 14.5. The molecule has 1 saturated heterocycles. The molecule has 2 aromatic heterocycles. The lowest BCUT2D eigenvalue weighted by Gasteiger charge is -2.42. The van der Waals surface area contributed by atoms with E-state index in [1.54, 1.807) is 6.07 Å². The van der Waals surface area contributed by atoms with E-state index >= 15 is 0 Å². The quantitative estimate of drug-likeness (QED) is 0.715. The summed E-state index contributed by atoms with van der Waals surface area (Å²) in [6.45, 7) is 2.55. The normalized spacial score (nSPS) is 21.6.